The molecule has 0 bridgehead atoms. The topological polar surface area (TPSA) is 6.48 Å². The van der Waals surface area contributed by atoms with Crippen molar-refractivity contribution in [1.29, 1.82) is 0 Å². The number of para-hydroxylation sites is 1. The van der Waals surface area contributed by atoms with Gasteiger partial charge in [-0.15, -0.1) is 0 Å². The Hall–Kier alpha value is -4.30. The van der Waals surface area contributed by atoms with E-state index in [-0.39, 0.29) is 0 Å². The fourth-order valence-electron chi connectivity index (χ4n) is 5.80. The van der Waals surface area contributed by atoms with Gasteiger partial charge in [0, 0.05) is 34.1 Å². The van der Waals surface area contributed by atoms with Crippen LogP contribution in [-0.4, -0.2) is 0 Å². The molecule has 0 atom stereocenters. The molecule has 2 nitrogen and oxygen atoms in total. The summed E-state index contributed by atoms with van der Waals surface area (Å²) in [6.45, 7) is 6.76. The van der Waals surface area contributed by atoms with E-state index in [2.05, 4.69) is 158 Å². The molecule has 0 aliphatic heterocycles. The maximum absolute atomic E-state index is 2.38. The maximum Gasteiger partial charge on any atom is 0.0463 e. The number of benzene rings is 5. The van der Waals surface area contributed by atoms with Crippen molar-refractivity contribution < 1.29 is 0 Å². The van der Waals surface area contributed by atoms with Crippen LogP contribution >= 0.6 is 0 Å². The van der Waals surface area contributed by atoms with E-state index in [0.29, 0.717) is 0 Å². The predicted octanol–water partition coefficient (Wildman–Crippen LogP) is 12.7. The Labute approximate surface area is 266 Å². The van der Waals surface area contributed by atoms with Gasteiger partial charge in [-0.3, -0.25) is 0 Å². The van der Waals surface area contributed by atoms with Crippen LogP contribution in [0.15, 0.2) is 127 Å². The third-order valence-electron chi connectivity index (χ3n) is 8.42. The van der Waals surface area contributed by atoms with Crippen LogP contribution in [0.2, 0.25) is 0 Å². The van der Waals surface area contributed by atoms with Gasteiger partial charge in [0.05, 0.1) is 0 Å². The highest BCUT2D eigenvalue weighted by molar-refractivity contribution is 5.81. The van der Waals surface area contributed by atoms with Gasteiger partial charge in [0.2, 0.25) is 0 Å². The average molecular weight is 581 g/mol. The van der Waals surface area contributed by atoms with Crippen LogP contribution in [0.25, 0.3) is 0 Å². The molecule has 5 aromatic carbocycles. The van der Waals surface area contributed by atoms with Crippen LogP contribution in [0.3, 0.4) is 0 Å². The molecule has 0 heterocycles. The third-order valence-corrected chi connectivity index (χ3v) is 8.42. The van der Waals surface area contributed by atoms with Crippen molar-refractivity contribution in [3.8, 4) is 0 Å². The van der Waals surface area contributed by atoms with Gasteiger partial charge < -0.3 is 9.80 Å². The van der Waals surface area contributed by atoms with Gasteiger partial charge in [0.1, 0.15) is 0 Å². The zero-order valence-corrected chi connectivity index (χ0v) is 26.9. The lowest BCUT2D eigenvalue weighted by Gasteiger charge is -2.28. The van der Waals surface area contributed by atoms with Crippen LogP contribution < -0.4 is 9.80 Å². The summed E-state index contributed by atoms with van der Waals surface area (Å²) < 4.78 is 0. The van der Waals surface area contributed by atoms with E-state index in [1.54, 1.807) is 0 Å². The molecule has 2 heteroatoms. The van der Waals surface area contributed by atoms with Crippen molar-refractivity contribution in [3.05, 3.63) is 144 Å². The molecular formula is C42H48N2. The van der Waals surface area contributed by atoms with E-state index in [4.69, 9.17) is 0 Å². The molecule has 0 aromatic heterocycles. The first-order valence-corrected chi connectivity index (χ1v) is 16.7. The first kappa shape index (κ1) is 31.1. The highest BCUT2D eigenvalue weighted by Crippen LogP contribution is 2.39. The smallest absolute Gasteiger partial charge is 0.0463 e. The monoisotopic (exact) mass is 580 g/mol. The van der Waals surface area contributed by atoms with Crippen LogP contribution in [0.1, 0.15) is 76.0 Å². The van der Waals surface area contributed by atoms with E-state index >= 15 is 0 Å². The SMILES string of the molecule is CCCCc1ccc(N(c2ccccc2)c2ccc(N(c3ccc(CCCC)cc3)c3ccc(CCCC)cc3)cc2)cc1. The van der Waals surface area contributed by atoms with Gasteiger partial charge in [-0.2, -0.15) is 0 Å². The average Bonchev–Trinajstić information content (AvgIpc) is 3.08. The van der Waals surface area contributed by atoms with Gasteiger partial charge in [0.15, 0.2) is 0 Å². The Balaban J connectivity index is 1.49. The second kappa shape index (κ2) is 16.0. The first-order chi connectivity index (χ1) is 21.7. The standard InChI is InChI=1S/C42H48N2/c1-4-7-13-34-18-24-38(25-19-34)43(37-16-11-10-12-17-37)41-30-32-42(33-31-41)44(39-26-20-35(21-27-39)14-8-5-2)40-28-22-36(23-29-40)15-9-6-3/h10-12,16-33H,4-9,13-15H2,1-3H3. The number of aryl methyl sites for hydroxylation is 3. The van der Waals surface area contributed by atoms with Crippen molar-refractivity contribution >= 4 is 34.1 Å². The molecule has 0 aliphatic rings. The molecule has 226 valence electrons. The fraction of sp³-hybridized carbons (Fsp3) is 0.286. The number of rotatable bonds is 15. The highest BCUT2D eigenvalue weighted by Gasteiger charge is 2.16. The zero-order valence-electron chi connectivity index (χ0n) is 26.9. The summed E-state index contributed by atoms with van der Waals surface area (Å²) in [7, 11) is 0. The minimum atomic E-state index is 1.13. The van der Waals surface area contributed by atoms with E-state index in [1.165, 1.54) is 72.3 Å². The molecule has 44 heavy (non-hydrogen) atoms. The summed E-state index contributed by atoms with van der Waals surface area (Å²) in [4.78, 5) is 4.73. The second-order valence-corrected chi connectivity index (χ2v) is 11.8. The van der Waals surface area contributed by atoms with Crippen LogP contribution in [0.5, 0.6) is 0 Å². The summed E-state index contributed by atoms with van der Waals surface area (Å²) >= 11 is 0. The number of nitrogens with zero attached hydrogens (tertiary/aromatic N) is 2. The van der Waals surface area contributed by atoms with E-state index in [0.717, 1.165) is 36.3 Å². The number of hydrogen-bond donors (Lipinski definition) is 0. The summed E-state index contributed by atoms with van der Waals surface area (Å²) in [6.07, 6.45) is 10.7. The molecule has 0 amide bonds. The number of hydrogen-bond acceptors (Lipinski definition) is 2. The molecule has 5 rings (SSSR count). The van der Waals surface area contributed by atoms with Gasteiger partial charge >= 0.3 is 0 Å². The van der Waals surface area contributed by atoms with Gasteiger partial charge in [-0.05, 0) is 128 Å². The van der Waals surface area contributed by atoms with E-state index in [1.807, 2.05) is 0 Å². The van der Waals surface area contributed by atoms with Crippen molar-refractivity contribution in [2.24, 2.45) is 0 Å². The Morgan fingerprint density at radius 2 is 0.568 bits per heavy atom. The Morgan fingerprint density at radius 3 is 0.841 bits per heavy atom. The molecule has 0 radical (unpaired) electrons. The summed E-state index contributed by atoms with van der Waals surface area (Å²) in [5.41, 5.74) is 11.2. The van der Waals surface area contributed by atoms with Gasteiger partial charge in [-0.25, -0.2) is 0 Å². The second-order valence-electron chi connectivity index (χ2n) is 11.8. The van der Waals surface area contributed by atoms with E-state index in [9.17, 15) is 0 Å². The molecule has 0 saturated heterocycles. The van der Waals surface area contributed by atoms with Gasteiger partial charge in [0.25, 0.3) is 0 Å². The van der Waals surface area contributed by atoms with Gasteiger partial charge in [-0.1, -0.05) is 94.6 Å². The molecule has 0 aliphatic carbocycles. The Bertz CT molecular complexity index is 1470. The minimum absolute atomic E-state index is 1.13. The number of unbranched alkanes of at least 4 members (excludes halogenated alkanes) is 3. The fourth-order valence-corrected chi connectivity index (χ4v) is 5.80. The molecule has 0 unspecified atom stereocenters. The van der Waals surface area contributed by atoms with Crippen LogP contribution in [0.4, 0.5) is 34.1 Å². The first-order valence-electron chi connectivity index (χ1n) is 16.7. The zero-order chi connectivity index (χ0) is 30.6. The van der Waals surface area contributed by atoms with Crippen molar-refractivity contribution in [3.63, 3.8) is 0 Å². The van der Waals surface area contributed by atoms with Crippen molar-refractivity contribution in [1.82, 2.24) is 0 Å². The summed E-state index contributed by atoms with van der Waals surface area (Å²) in [6, 6.07) is 47.1. The predicted molar refractivity (Wildman–Crippen MR) is 192 cm³/mol. The molecule has 0 N–H and O–H groups in total. The van der Waals surface area contributed by atoms with Crippen LogP contribution in [0, 0.1) is 0 Å². The lowest BCUT2D eigenvalue weighted by Crippen LogP contribution is -2.12. The molecule has 0 fully saturated rings. The number of anilines is 6. The molecular weight excluding hydrogens is 532 g/mol. The van der Waals surface area contributed by atoms with Crippen LogP contribution in [-0.2, 0) is 19.3 Å². The molecule has 0 saturated carbocycles. The van der Waals surface area contributed by atoms with Crippen molar-refractivity contribution in [2.45, 2.75) is 78.6 Å². The lowest BCUT2D eigenvalue weighted by molar-refractivity contribution is 0.795. The Kier molecular flexibility index (Phi) is 11.3. The van der Waals surface area contributed by atoms with E-state index < -0.39 is 0 Å². The third kappa shape index (κ3) is 7.99. The largest absolute Gasteiger partial charge is 0.311 e. The summed E-state index contributed by atoms with van der Waals surface area (Å²) in [5, 5.41) is 0. The minimum Gasteiger partial charge on any atom is -0.311 e. The molecule has 0 spiro atoms. The Morgan fingerprint density at radius 1 is 0.318 bits per heavy atom. The maximum atomic E-state index is 2.38. The molecule has 5 aromatic rings. The normalized spacial score (nSPS) is 11.0. The lowest BCUT2D eigenvalue weighted by atomic mass is 10.1. The highest BCUT2D eigenvalue weighted by atomic mass is 15.2. The quantitative estimate of drug-likeness (QED) is 0.121. The summed E-state index contributed by atoms with van der Waals surface area (Å²) in [5.74, 6) is 0. The van der Waals surface area contributed by atoms with Crippen molar-refractivity contribution in [2.75, 3.05) is 9.80 Å².